The van der Waals surface area contributed by atoms with Crippen molar-refractivity contribution < 1.29 is 14.4 Å². The smallest absolute Gasteiger partial charge is 0.240 e. The first-order valence-electron chi connectivity index (χ1n) is 10.4. The summed E-state index contributed by atoms with van der Waals surface area (Å²) in [5, 5.41) is 0. The molecule has 0 saturated carbocycles. The van der Waals surface area contributed by atoms with Gasteiger partial charge in [0.05, 0.1) is 17.5 Å². The van der Waals surface area contributed by atoms with E-state index in [9.17, 15) is 14.4 Å². The maximum atomic E-state index is 13.9. The predicted octanol–water partition coefficient (Wildman–Crippen LogP) is 4.99. The number of benzene rings is 3. The second-order valence-electron chi connectivity index (χ2n) is 8.59. The van der Waals surface area contributed by atoms with Crippen molar-refractivity contribution in [2.75, 3.05) is 4.90 Å². The number of hydrogen-bond acceptors (Lipinski definition) is 3. The highest BCUT2D eigenvalue weighted by Crippen LogP contribution is 2.69. The van der Waals surface area contributed by atoms with Crippen molar-refractivity contribution in [3.8, 4) is 0 Å². The first kappa shape index (κ1) is 19.7. The summed E-state index contributed by atoms with van der Waals surface area (Å²) in [5.74, 6) is -2.67. The minimum absolute atomic E-state index is 0.147. The van der Waals surface area contributed by atoms with Crippen LogP contribution >= 0.6 is 23.2 Å². The number of nitrogens with zero attached hydrogens (tertiary/aromatic N) is 1. The van der Waals surface area contributed by atoms with Crippen molar-refractivity contribution in [1.82, 2.24) is 0 Å². The zero-order chi connectivity index (χ0) is 22.4. The molecule has 6 heteroatoms. The van der Waals surface area contributed by atoms with Crippen LogP contribution in [0.2, 0.25) is 0 Å². The molecule has 32 heavy (non-hydrogen) atoms. The molecule has 0 spiro atoms. The SMILES string of the molecule is CC(=O)c1cccc(N2C(=O)[C@H]3[C@H](C2=O)C2(Cl)c4ccccc4C3(Cl)c3ccccc32)c1. The number of anilines is 1. The van der Waals surface area contributed by atoms with Gasteiger partial charge in [-0.3, -0.25) is 14.4 Å². The molecule has 1 saturated heterocycles. The van der Waals surface area contributed by atoms with Gasteiger partial charge in [-0.2, -0.15) is 0 Å². The molecule has 7 rings (SSSR count). The largest absolute Gasteiger partial charge is 0.295 e. The van der Waals surface area contributed by atoms with Crippen LogP contribution in [0.1, 0.15) is 39.5 Å². The number of amides is 2. The molecule has 0 aromatic heterocycles. The number of Topliss-reactive ketones (excluding diaryl/α,β-unsaturated/α-hetero) is 1. The summed E-state index contributed by atoms with van der Waals surface area (Å²) in [7, 11) is 0. The maximum absolute atomic E-state index is 13.9. The Morgan fingerprint density at radius 3 is 1.59 bits per heavy atom. The Morgan fingerprint density at radius 1 is 0.750 bits per heavy atom. The Balaban J connectivity index is 1.63. The quantitative estimate of drug-likeness (QED) is 0.307. The van der Waals surface area contributed by atoms with Crippen LogP contribution in [0.3, 0.4) is 0 Å². The van der Waals surface area contributed by atoms with E-state index >= 15 is 0 Å². The van der Waals surface area contributed by atoms with Crippen LogP contribution in [-0.4, -0.2) is 17.6 Å². The third-order valence-electron chi connectivity index (χ3n) is 7.10. The Labute approximate surface area is 194 Å². The number of carbonyl (C=O) groups is 3. The van der Waals surface area contributed by atoms with Gasteiger partial charge in [-0.25, -0.2) is 4.90 Å². The van der Waals surface area contributed by atoms with Crippen molar-refractivity contribution in [2.24, 2.45) is 11.8 Å². The van der Waals surface area contributed by atoms with E-state index < -0.39 is 33.4 Å². The van der Waals surface area contributed by atoms with Crippen LogP contribution in [-0.2, 0) is 19.3 Å². The molecule has 0 radical (unpaired) electrons. The Bertz CT molecular complexity index is 1240. The highest BCUT2D eigenvalue weighted by Gasteiger charge is 2.73. The maximum Gasteiger partial charge on any atom is 0.240 e. The average Bonchev–Trinajstić information content (AvgIpc) is 3.08. The molecular weight excluding hydrogens is 445 g/mol. The minimum Gasteiger partial charge on any atom is -0.295 e. The van der Waals surface area contributed by atoms with Crippen LogP contribution in [0.25, 0.3) is 0 Å². The third-order valence-corrected chi connectivity index (χ3v) is 8.38. The highest BCUT2D eigenvalue weighted by molar-refractivity contribution is 6.38. The zero-order valence-electron chi connectivity index (χ0n) is 17.0. The Kier molecular flexibility index (Phi) is 3.88. The third kappa shape index (κ3) is 2.12. The molecule has 1 heterocycles. The van der Waals surface area contributed by atoms with Gasteiger partial charge in [0.25, 0.3) is 0 Å². The van der Waals surface area contributed by atoms with Gasteiger partial charge >= 0.3 is 0 Å². The van der Waals surface area contributed by atoms with E-state index in [1.54, 1.807) is 24.3 Å². The summed E-state index contributed by atoms with van der Waals surface area (Å²) >= 11 is 14.8. The molecule has 0 unspecified atom stereocenters. The molecule has 2 bridgehead atoms. The summed E-state index contributed by atoms with van der Waals surface area (Å²) < 4.78 is 0. The van der Waals surface area contributed by atoms with Crippen LogP contribution in [0.4, 0.5) is 5.69 Å². The normalized spacial score (nSPS) is 29.5. The molecule has 4 nitrogen and oxygen atoms in total. The van der Waals surface area contributed by atoms with Gasteiger partial charge in [0, 0.05) is 5.56 Å². The summed E-state index contributed by atoms with van der Waals surface area (Å²) in [6, 6.07) is 21.6. The molecule has 0 N–H and O–H groups in total. The number of imide groups is 1. The minimum atomic E-state index is -1.21. The monoisotopic (exact) mass is 461 g/mol. The van der Waals surface area contributed by atoms with Gasteiger partial charge in [-0.15, -0.1) is 23.2 Å². The summed E-state index contributed by atoms with van der Waals surface area (Å²) in [5.41, 5.74) is 3.83. The molecule has 1 fully saturated rings. The van der Waals surface area contributed by atoms with E-state index in [2.05, 4.69) is 0 Å². The zero-order valence-corrected chi connectivity index (χ0v) is 18.5. The number of hydrogen-bond donors (Lipinski definition) is 0. The van der Waals surface area contributed by atoms with Gasteiger partial charge in [0.1, 0.15) is 9.75 Å². The molecule has 2 amide bonds. The van der Waals surface area contributed by atoms with E-state index in [0.717, 1.165) is 27.2 Å². The highest BCUT2D eigenvalue weighted by atomic mass is 35.5. The van der Waals surface area contributed by atoms with E-state index in [4.69, 9.17) is 23.2 Å². The number of carbonyl (C=O) groups excluding carboxylic acids is 3. The molecule has 3 aromatic rings. The lowest BCUT2D eigenvalue weighted by Crippen LogP contribution is -2.57. The summed E-state index contributed by atoms with van der Waals surface area (Å²) in [6.07, 6.45) is 0. The van der Waals surface area contributed by atoms with Crippen LogP contribution in [0.15, 0.2) is 72.8 Å². The van der Waals surface area contributed by atoms with E-state index in [0.29, 0.717) is 11.3 Å². The van der Waals surface area contributed by atoms with Gasteiger partial charge < -0.3 is 0 Å². The molecule has 4 aliphatic rings. The lowest BCUT2D eigenvalue weighted by Gasteiger charge is -2.54. The molecular formula is C26H17Cl2NO3. The Morgan fingerprint density at radius 2 is 1.19 bits per heavy atom. The van der Waals surface area contributed by atoms with Crippen molar-refractivity contribution in [3.63, 3.8) is 0 Å². The van der Waals surface area contributed by atoms with E-state index in [1.165, 1.54) is 6.92 Å². The fourth-order valence-electron chi connectivity index (χ4n) is 5.79. The van der Waals surface area contributed by atoms with Crippen molar-refractivity contribution in [3.05, 3.63) is 101 Å². The van der Waals surface area contributed by atoms with Gasteiger partial charge in [0.15, 0.2) is 5.78 Å². The summed E-state index contributed by atoms with van der Waals surface area (Å²) in [4.78, 5) is 38.4. The van der Waals surface area contributed by atoms with Gasteiger partial charge in [-0.1, -0.05) is 60.7 Å². The van der Waals surface area contributed by atoms with Crippen LogP contribution < -0.4 is 4.90 Å². The first-order chi connectivity index (χ1) is 15.3. The van der Waals surface area contributed by atoms with E-state index in [1.807, 2.05) is 48.5 Å². The topological polar surface area (TPSA) is 54.5 Å². The Hall–Kier alpha value is -2.95. The van der Waals surface area contributed by atoms with Gasteiger partial charge in [-0.05, 0) is 41.3 Å². The van der Waals surface area contributed by atoms with Crippen LogP contribution in [0.5, 0.6) is 0 Å². The van der Waals surface area contributed by atoms with Crippen LogP contribution in [0, 0.1) is 11.8 Å². The molecule has 1 aliphatic heterocycles. The second kappa shape index (κ2) is 6.31. The number of rotatable bonds is 2. The molecule has 158 valence electrons. The predicted molar refractivity (Wildman–Crippen MR) is 122 cm³/mol. The van der Waals surface area contributed by atoms with Crippen molar-refractivity contribution >= 4 is 46.5 Å². The van der Waals surface area contributed by atoms with Crippen molar-refractivity contribution in [1.29, 1.82) is 0 Å². The number of ketones is 1. The average molecular weight is 462 g/mol. The fraction of sp³-hybridized carbons (Fsp3) is 0.192. The first-order valence-corrected chi connectivity index (χ1v) is 11.1. The number of halogens is 2. The van der Waals surface area contributed by atoms with E-state index in [-0.39, 0.29) is 5.78 Å². The fourth-order valence-corrected chi connectivity index (χ4v) is 6.88. The lowest BCUT2D eigenvalue weighted by atomic mass is 9.54. The van der Waals surface area contributed by atoms with Crippen molar-refractivity contribution in [2.45, 2.75) is 16.7 Å². The molecule has 3 aliphatic carbocycles. The summed E-state index contributed by atoms with van der Waals surface area (Å²) in [6.45, 7) is 1.45. The second-order valence-corrected chi connectivity index (χ2v) is 9.78. The standard InChI is InChI=1S/C26H17Cl2NO3/c1-14(30)15-7-6-8-16(13-15)29-23(31)21-22(24(29)32)26(28)18-10-3-2-9-17(18)25(21,27)19-11-4-5-12-20(19)26/h2-13,21-22H,1H3/t21-,22-,25?,26?/m1/s1. The molecule has 3 aromatic carbocycles. The molecule has 2 atom stereocenters. The lowest BCUT2D eigenvalue weighted by molar-refractivity contribution is -0.122. The number of alkyl halides is 2. The van der Waals surface area contributed by atoms with Gasteiger partial charge in [0.2, 0.25) is 11.8 Å².